The highest BCUT2D eigenvalue weighted by atomic mass is 31.2. The van der Waals surface area contributed by atoms with Crippen LogP contribution in [0.1, 0.15) is 452 Å². The smallest absolute Gasteiger partial charge is 0.462 e. The van der Waals surface area contributed by atoms with Gasteiger partial charge >= 0.3 is 39.5 Å². The number of hydrogen-bond acceptors (Lipinski definition) is 15. The highest BCUT2D eigenvalue weighted by Crippen LogP contribution is 2.45. The van der Waals surface area contributed by atoms with E-state index in [0.717, 1.165) is 102 Å². The molecule has 0 aromatic rings. The molecule has 0 aromatic heterocycles. The van der Waals surface area contributed by atoms with Gasteiger partial charge < -0.3 is 33.8 Å². The van der Waals surface area contributed by atoms with E-state index < -0.39 is 97.5 Å². The highest BCUT2D eigenvalue weighted by molar-refractivity contribution is 7.47. The van der Waals surface area contributed by atoms with Crippen molar-refractivity contribution < 1.29 is 80.2 Å². The van der Waals surface area contributed by atoms with Gasteiger partial charge in [0.25, 0.3) is 0 Å². The van der Waals surface area contributed by atoms with Gasteiger partial charge in [-0.1, -0.05) is 401 Å². The Bertz CT molecular complexity index is 2000. The molecule has 0 bridgehead atoms. The zero-order chi connectivity index (χ0) is 76.4. The molecule has 7 atom stereocenters. The summed E-state index contributed by atoms with van der Waals surface area (Å²) in [5.74, 6) is -0.448. The summed E-state index contributed by atoms with van der Waals surface area (Å²) < 4.78 is 68.9. The van der Waals surface area contributed by atoms with Gasteiger partial charge in [0.05, 0.1) is 26.4 Å². The van der Waals surface area contributed by atoms with Crippen molar-refractivity contribution in [1.82, 2.24) is 0 Å². The lowest BCUT2D eigenvalue weighted by atomic mass is 9.99. The molecule has 0 aromatic carbocycles. The lowest BCUT2D eigenvalue weighted by Gasteiger charge is -2.21. The number of carbonyl (C=O) groups excluding carboxylic acids is 4. The van der Waals surface area contributed by atoms with Gasteiger partial charge in [-0.25, -0.2) is 9.13 Å². The molecule has 4 unspecified atom stereocenters. The first-order valence-electron chi connectivity index (χ1n) is 44.1. The first-order chi connectivity index (χ1) is 50.4. The minimum atomic E-state index is -4.97. The van der Waals surface area contributed by atoms with Crippen molar-refractivity contribution in [2.75, 3.05) is 39.6 Å². The van der Waals surface area contributed by atoms with E-state index in [1.54, 1.807) is 0 Å². The Hall–Kier alpha value is -1.94. The van der Waals surface area contributed by atoms with E-state index in [0.29, 0.717) is 25.7 Å². The Labute approximate surface area is 638 Å². The van der Waals surface area contributed by atoms with E-state index in [2.05, 4.69) is 41.5 Å². The highest BCUT2D eigenvalue weighted by Gasteiger charge is 2.30. The number of aliphatic hydroxyl groups excluding tert-OH is 1. The van der Waals surface area contributed by atoms with Crippen LogP contribution in [0.3, 0.4) is 0 Å². The van der Waals surface area contributed by atoms with E-state index in [-0.39, 0.29) is 25.7 Å². The Balaban J connectivity index is 5.27. The van der Waals surface area contributed by atoms with Gasteiger partial charge in [0, 0.05) is 25.7 Å². The summed E-state index contributed by atoms with van der Waals surface area (Å²) in [6, 6.07) is 0. The first kappa shape index (κ1) is 102. The number of unbranched alkanes of at least 4 members (excludes halogenated alkanes) is 52. The second kappa shape index (κ2) is 76.4. The van der Waals surface area contributed by atoms with Crippen LogP contribution in [0.25, 0.3) is 0 Å². The number of carbonyl (C=O) groups is 4. The Morgan fingerprint density at radius 1 is 0.269 bits per heavy atom. The second-order valence-corrected chi connectivity index (χ2v) is 34.0. The Morgan fingerprint density at radius 2 is 0.462 bits per heavy atom. The van der Waals surface area contributed by atoms with E-state index in [4.69, 9.17) is 37.0 Å². The molecular formula is C85H166O17P2. The summed E-state index contributed by atoms with van der Waals surface area (Å²) in [5.41, 5.74) is 0. The van der Waals surface area contributed by atoms with E-state index in [9.17, 15) is 43.2 Å². The van der Waals surface area contributed by atoms with Gasteiger partial charge in [0.2, 0.25) is 0 Å². The first-order valence-corrected chi connectivity index (χ1v) is 47.1. The van der Waals surface area contributed by atoms with Crippen LogP contribution >= 0.6 is 15.6 Å². The van der Waals surface area contributed by atoms with Gasteiger partial charge in [-0.15, -0.1) is 0 Å². The maximum atomic E-state index is 13.1. The zero-order valence-electron chi connectivity index (χ0n) is 68.3. The second-order valence-electron chi connectivity index (χ2n) is 31.1. The lowest BCUT2D eigenvalue weighted by Crippen LogP contribution is -2.30. The molecule has 0 aliphatic heterocycles. The third kappa shape index (κ3) is 75.5. The van der Waals surface area contributed by atoms with Crippen LogP contribution in [0.2, 0.25) is 0 Å². The number of ether oxygens (including phenoxy) is 4. The standard InChI is InChI=1S/C85H166O17P2/c1-7-11-13-15-17-19-21-23-24-25-26-27-28-34-38-45-51-57-63-69-84(89)101-80(73-96-83(88)68-62-56-50-44-37-33-30-29-32-35-41-47-53-59-65-77(5)9-3)75-99-103(91,92)97-71-79(86)72-98-104(93,94)100-76-81(74-95-82(87)67-61-55-49-43-36-31-22-20-18-16-14-12-8-2)102-85(90)70-64-58-52-46-40-39-42-48-54-60-66-78(6)10-4/h77-81,86H,7-76H2,1-6H3,(H,91,92)(H,93,94)/t77?,78?,79-,80-,81-/m1/s1. The van der Waals surface area contributed by atoms with Crippen LogP contribution in [0.4, 0.5) is 0 Å². The summed E-state index contributed by atoms with van der Waals surface area (Å²) in [5, 5.41) is 10.7. The fourth-order valence-electron chi connectivity index (χ4n) is 13.2. The van der Waals surface area contributed by atoms with Gasteiger partial charge in [-0.05, 0) is 37.5 Å². The summed E-state index contributed by atoms with van der Waals surface area (Å²) in [4.78, 5) is 73.2. The van der Waals surface area contributed by atoms with Crippen LogP contribution in [-0.2, 0) is 65.4 Å². The van der Waals surface area contributed by atoms with E-state index in [1.165, 1.54) is 270 Å². The molecule has 0 heterocycles. The fraction of sp³-hybridized carbons (Fsp3) is 0.953. The molecule has 0 spiro atoms. The van der Waals surface area contributed by atoms with Crippen molar-refractivity contribution in [2.24, 2.45) is 11.8 Å². The van der Waals surface area contributed by atoms with Crippen molar-refractivity contribution in [1.29, 1.82) is 0 Å². The predicted octanol–water partition coefficient (Wildman–Crippen LogP) is 25.8. The van der Waals surface area contributed by atoms with Crippen LogP contribution in [0.15, 0.2) is 0 Å². The summed E-state index contributed by atoms with van der Waals surface area (Å²) >= 11 is 0. The van der Waals surface area contributed by atoms with Crippen molar-refractivity contribution in [3.63, 3.8) is 0 Å². The van der Waals surface area contributed by atoms with Gasteiger partial charge in [-0.3, -0.25) is 37.3 Å². The van der Waals surface area contributed by atoms with Gasteiger partial charge in [-0.2, -0.15) is 0 Å². The molecule has 0 aliphatic rings. The number of hydrogen-bond donors (Lipinski definition) is 3. The van der Waals surface area contributed by atoms with Gasteiger partial charge in [0.15, 0.2) is 12.2 Å². The molecule has 0 aliphatic carbocycles. The molecule has 618 valence electrons. The van der Waals surface area contributed by atoms with Crippen LogP contribution in [-0.4, -0.2) is 96.7 Å². The summed E-state index contributed by atoms with van der Waals surface area (Å²) in [6.45, 7) is 9.75. The minimum Gasteiger partial charge on any atom is -0.462 e. The normalized spacial score (nSPS) is 14.4. The number of aliphatic hydroxyl groups is 1. The molecule has 104 heavy (non-hydrogen) atoms. The molecule has 0 saturated heterocycles. The molecule has 3 N–H and O–H groups in total. The van der Waals surface area contributed by atoms with Crippen molar-refractivity contribution in [2.45, 2.75) is 471 Å². The maximum Gasteiger partial charge on any atom is 0.472 e. The van der Waals surface area contributed by atoms with Gasteiger partial charge in [0.1, 0.15) is 19.3 Å². The van der Waals surface area contributed by atoms with Crippen LogP contribution in [0, 0.1) is 11.8 Å². The molecule has 0 saturated carbocycles. The monoisotopic (exact) mass is 1520 g/mol. The molecular weight excluding hydrogens is 1350 g/mol. The molecule has 0 fully saturated rings. The van der Waals surface area contributed by atoms with Crippen molar-refractivity contribution in [3.05, 3.63) is 0 Å². The van der Waals surface area contributed by atoms with Crippen LogP contribution in [0.5, 0.6) is 0 Å². The Morgan fingerprint density at radius 3 is 0.683 bits per heavy atom. The Kier molecular flexibility index (Phi) is 75.0. The largest absolute Gasteiger partial charge is 0.472 e. The van der Waals surface area contributed by atoms with Crippen LogP contribution < -0.4 is 0 Å². The van der Waals surface area contributed by atoms with Crippen molar-refractivity contribution in [3.8, 4) is 0 Å². The lowest BCUT2D eigenvalue weighted by molar-refractivity contribution is -0.161. The minimum absolute atomic E-state index is 0.107. The van der Waals surface area contributed by atoms with E-state index in [1.807, 2.05) is 0 Å². The quantitative estimate of drug-likeness (QED) is 0.0222. The number of phosphoric ester groups is 2. The molecule has 19 heteroatoms. The van der Waals surface area contributed by atoms with E-state index >= 15 is 0 Å². The SMILES string of the molecule is CCCCCCCCCCCCCCCCCCCCCC(=O)O[C@H](COC(=O)CCCCCCCCCCCCCCCCC(C)CC)COP(=O)(O)OC[C@@H](O)COP(=O)(O)OC[C@@H](COC(=O)CCCCCCCCCCCCCCC)OC(=O)CCCCCCCCCCCCC(C)CC. The predicted molar refractivity (Wildman–Crippen MR) is 428 cm³/mol. The topological polar surface area (TPSA) is 237 Å². The third-order valence-electron chi connectivity index (χ3n) is 20.7. The third-order valence-corrected chi connectivity index (χ3v) is 22.6. The molecule has 0 rings (SSSR count). The number of esters is 4. The van der Waals surface area contributed by atoms with Crippen molar-refractivity contribution >= 4 is 39.5 Å². The average Bonchev–Trinajstić information content (AvgIpc) is 0.911. The average molecular weight is 1520 g/mol. The zero-order valence-corrected chi connectivity index (χ0v) is 70.1. The summed E-state index contributed by atoms with van der Waals surface area (Å²) in [6.07, 6.45) is 67.8. The number of rotatable bonds is 84. The molecule has 0 radical (unpaired) electrons. The number of phosphoric acid groups is 2. The molecule has 17 nitrogen and oxygen atoms in total. The fourth-order valence-corrected chi connectivity index (χ4v) is 14.8. The molecule has 0 amide bonds. The summed E-state index contributed by atoms with van der Waals surface area (Å²) in [7, 11) is -9.93. The maximum absolute atomic E-state index is 13.1.